The summed E-state index contributed by atoms with van der Waals surface area (Å²) in [5.41, 5.74) is 0.153. The van der Waals surface area contributed by atoms with Crippen LogP contribution in [0.3, 0.4) is 0 Å². The van der Waals surface area contributed by atoms with Gasteiger partial charge in [0, 0.05) is 29.9 Å². The van der Waals surface area contributed by atoms with Crippen molar-refractivity contribution in [2.75, 3.05) is 18.6 Å². The van der Waals surface area contributed by atoms with Crippen LogP contribution in [0.25, 0.3) is 0 Å². The summed E-state index contributed by atoms with van der Waals surface area (Å²) in [6.45, 7) is 11.7. The molecule has 1 aliphatic rings. The first-order valence-electron chi connectivity index (χ1n) is 11.8. The highest BCUT2D eigenvalue weighted by atomic mass is 19.4. The fraction of sp³-hybridized carbons (Fsp3) is 0.500. The van der Waals surface area contributed by atoms with Crippen molar-refractivity contribution in [3.8, 4) is 0 Å². The van der Waals surface area contributed by atoms with Crippen LogP contribution in [-0.2, 0) is 4.74 Å². The molecule has 0 aliphatic heterocycles. The van der Waals surface area contributed by atoms with Crippen molar-refractivity contribution in [2.24, 2.45) is 21.8 Å². The molecule has 1 aromatic rings. The third-order valence-electron chi connectivity index (χ3n) is 5.69. The molecule has 6 nitrogen and oxygen atoms in total. The number of carbonyl (C=O) groups excluding carboxylic acids is 1. The van der Waals surface area contributed by atoms with Gasteiger partial charge in [-0.05, 0) is 55.7 Å². The van der Waals surface area contributed by atoms with Gasteiger partial charge in [0.05, 0.1) is 12.4 Å². The number of benzene rings is 1. The van der Waals surface area contributed by atoms with Gasteiger partial charge in [-0.25, -0.2) is 4.99 Å². The van der Waals surface area contributed by atoms with Crippen LogP contribution in [0.4, 0.5) is 18.9 Å². The quantitative estimate of drug-likeness (QED) is 0.159. The van der Waals surface area contributed by atoms with Crippen LogP contribution in [0, 0.1) is 11.8 Å². The van der Waals surface area contributed by atoms with Gasteiger partial charge in [-0.1, -0.05) is 33.3 Å². The molecule has 0 spiro atoms. The first-order chi connectivity index (χ1) is 16.6. The largest absolute Gasteiger partial charge is 0.498 e. The van der Waals surface area contributed by atoms with Crippen LogP contribution < -0.4 is 10.6 Å². The predicted molar refractivity (Wildman–Crippen MR) is 135 cm³/mol. The third-order valence-corrected chi connectivity index (χ3v) is 5.69. The lowest BCUT2D eigenvalue weighted by atomic mass is 9.82. The summed E-state index contributed by atoms with van der Waals surface area (Å²) in [5.74, 6) is 0.797. The highest BCUT2D eigenvalue weighted by molar-refractivity contribution is 5.99. The summed E-state index contributed by atoms with van der Waals surface area (Å²) in [5, 5.41) is 6.03. The lowest BCUT2D eigenvalue weighted by Crippen LogP contribution is -2.45. The van der Waals surface area contributed by atoms with Gasteiger partial charge in [0.2, 0.25) is 0 Å². The van der Waals surface area contributed by atoms with Crippen LogP contribution >= 0.6 is 0 Å². The summed E-state index contributed by atoms with van der Waals surface area (Å²) in [6, 6.07) is 6.34. The fourth-order valence-electron chi connectivity index (χ4n) is 3.91. The molecule has 0 bridgehead atoms. The molecule has 1 fully saturated rings. The minimum Gasteiger partial charge on any atom is -0.498 e. The molecule has 1 aliphatic carbocycles. The van der Waals surface area contributed by atoms with Crippen LogP contribution in [0.2, 0.25) is 0 Å². The number of hydrogen-bond acceptors (Lipinski definition) is 5. The Morgan fingerprint density at radius 1 is 1.23 bits per heavy atom. The monoisotopic (exact) mass is 492 g/mol. The molecule has 2 atom stereocenters. The summed E-state index contributed by atoms with van der Waals surface area (Å²) in [7, 11) is 0. The average molecular weight is 493 g/mol. The number of halogens is 3. The second kappa shape index (κ2) is 13.7. The average Bonchev–Trinajstić information content (AvgIpc) is 2.81. The maximum absolute atomic E-state index is 13.9. The SMILES string of the molecule is C=N/C=C(\C(=N/CNc1ccc(C=O)cc1)NC1CCCCC1CC(=C)OCC(C)C)C(F)(F)F. The molecule has 2 N–H and O–H groups in total. The molecule has 0 aromatic heterocycles. The molecule has 1 saturated carbocycles. The van der Waals surface area contributed by atoms with Gasteiger partial charge in [0.15, 0.2) is 0 Å². The van der Waals surface area contributed by atoms with Gasteiger partial charge in [-0.15, -0.1) is 0 Å². The van der Waals surface area contributed by atoms with Gasteiger partial charge in [0.25, 0.3) is 0 Å². The fourth-order valence-corrected chi connectivity index (χ4v) is 3.91. The smallest absolute Gasteiger partial charge is 0.421 e. The van der Waals surface area contributed by atoms with E-state index in [1.807, 2.05) is 13.8 Å². The molecule has 2 rings (SSSR count). The molecule has 192 valence electrons. The highest BCUT2D eigenvalue weighted by Gasteiger charge is 2.39. The number of alkyl halides is 3. The third kappa shape index (κ3) is 9.58. The standard InChI is InChI=1S/C26H35F3N4O2/c1-18(2)16-35-19(3)13-21-7-5-6-8-24(21)33-25(23(14-30-4)26(27,28)29)32-17-31-22-11-9-20(15-34)10-12-22/h9-12,14-15,18,21,24,31H,3-8,13,16-17H2,1-2H3,(H,32,33)/b23-14+. The first-order valence-corrected chi connectivity index (χ1v) is 11.8. The van der Waals surface area contributed by atoms with Crippen LogP contribution in [0.5, 0.6) is 0 Å². The molecule has 1 aromatic carbocycles. The van der Waals surface area contributed by atoms with Gasteiger partial charge < -0.3 is 15.4 Å². The van der Waals surface area contributed by atoms with Crippen molar-refractivity contribution in [1.82, 2.24) is 5.32 Å². The molecule has 0 radical (unpaired) electrons. The molecule has 9 heteroatoms. The second-order valence-electron chi connectivity index (χ2n) is 9.05. The molecule has 35 heavy (non-hydrogen) atoms. The predicted octanol–water partition coefficient (Wildman–Crippen LogP) is 6.14. The Hall–Kier alpha value is -3.10. The number of carbonyl (C=O) groups is 1. The van der Waals surface area contributed by atoms with E-state index in [0.717, 1.165) is 25.5 Å². The Bertz CT molecular complexity index is 908. The van der Waals surface area contributed by atoms with Gasteiger partial charge >= 0.3 is 6.18 Å². The van der Waals surface area contributed by atoms with Gasteiger partial charge in [-0.2, -0.15) is 13.2 Å². The van der Waals surface area contributed by atoms with Gasteiger partial charge in [0.1, 0.15) is 24.4 Å². The van der Waals surface area contributed by atoms with E-state index in [9.17, 15) is 18.0 Å². The zero-order valence-electron chi connectivity index (χ0n) is 20.4. The van der Waals surface area contributed by atoms with E-state index in [1.165, 1.54) is 0 Å². The first kappa shape index (κ1) is 28.1. The molecular formula is C26H35F3N4O2. The minimum absolute atomic E-state index is 0.0728. The Labute approximate surface area is 205 Å². The summed E-state index contributed by atoms with van der Waals surface area (Å²) in [6.07, 6.45) is 0.809. The number of nitrogens with zero attached hydrogens (tertiary/aromatic N) is 2. The number of allylic oxidation sites excluding steroid dienone is 1. The maximum Gasteiger partial charge on any atom is 0.421 e. The Morgan fingerprint density at radius 3 is 2.51 bits per heavy atom. The van der Waals surface area contributed by atoms with Crippen molar-refractivity contribution < 1.29 is 22.7 Å². The van der Waals surface area contributed by atoms with Crippen molar-refractivity contribution in [1.29, 1.82) is 0 Å². The summed E-state index contributed by atoms with van der Waals surface area (Å²) >= 11 is 0. The lowest BCUT2D eigenvalue weighted by molar-refractivity contribution is -0.0866. The zero-order valence-corrected chi connectivity index (χ0v) is 20.4. The number of ether oxygens (including phenoxy) is 1. The molecule has 0 amide bonds. The molecular weight excluding hydrogens is 457 g/mol. The van der Waals surface area contributed by atoms with E-state index < -0.39 is 11.7 Å². The van der Waals surface area contributed by atoms with Crippen LogP contribution in [0.15, 0.2) is 58.4 Å². The molecule has 0 heterocycles. The number of amidine groups is 1. The van der Waals surface area contributed by atoms with Crippen LogP contribution in [0.1, 0.15) is 56.3 Å². The number of aldehydes is 1. The molecule has 2 unspecified atom stereocenters. The van der Waals surface area contributed by atoms with Crippen molar-refractivity contribution in [3.63, 3.8) is 0 Å². The van der Waals surface area contributed by atoms with E-state index >= 15 is 0 Å². The highest BCUT2D eigenvalue weighted by Crippen LogP contribution is 2.32. The summed E-state index contributed by atoms with van der Waals surface area (Å²) < 4.78 is 47.3. The maximum atomic E-state index is 13.9. The number of nitrogens with one attached hydrogen (secondary N) is 2. The van der Waals surface area contributed by atoms with E-state index in [0.29, 0.717) is 48.6 Å². The zero-order chi connectivity index (χ0) is 25.8. The Morgan fingerprint density at radius 2 is 1.91 bits per heavy atom. The molecule has 0 saturated heterocycles. The van der Waals surface area contributed by atoms with E-state index in [4.69, 9.17) is 4.74 Å². The minimum atomic E-state index is -4.66. The topological polar surface area (TPSA) is 75.1 Å². The van der Waals surface area contributed by atoms with Crippen molar-refractivity contribution >= 4 is 24.5 Å². The second-order valence-corrected chi connectivity index (χ2v) is 9.05. The van der Waals surface area contributed by atoms with Crippen molar-refractivity contribution in [3.05, 3.63) is 53.9 Å². The number of aliphatic imine (C=N–C) groups is 2. The lowest BCUT2D eigenvalue weighted by Gasteiger charge is -2.34. The van der Waals surface area contributed by atoms with Crippen LogP contribution in [-0.4, -0.2) is 44.3 Å². The van der Waals surface area contributed by atoms with E-state index in [1.54, 1.807) is 24.3 Å². The van der Waals surface area contributed by atoms with E-state index in [-0.39, 0.29) is 24.5 Å². The van der Waals surface area contributed by atoms with Gasteiger partial charge in [-0.3, -0.25) is 9.79 Å². The number of hydrogen-bond donors (Lipinski definition) is 2. The van der Waals surface area contributed by atoms with E-state index in [2.05, 4.69) is 33.9 Å². The van der Waals surface area contributed by atoms with Crippen molar-refractivity contribution in [2.45, 2.75) is 58.2 Å². The Kier molecular flexibility index (Phi) is 11.0. The summed E-state index contributed by atoms with van der Waals surface area (Å²) in [4.78, 5) is 18.4. The normalized spacial score (nSPS) is 19.3. The number of anilines is 1. The number of rotatable bonds is 12. The Balaban J connectivity index is 2.21.